The number of aromatic carboxylic acids is 1. The van der Waals surface area contributed by atoms with Crippen LogP contribution in [-0.4, -0.2) is 57.4 Å². The monoisotopic (exact) mass is 446 g/mol. The van der Waals surface area contributed by atoms with Gasteiger partial charge in [0, 0.05) is 42.6 Å². The lowest BCUT2D eigenvalue weighted by Gasteiger charge is -2.29. The molecule has 0 atom stereocenters. The van der Waals surface area contributed by atoms with Gasteiger partial charge in [-0.1, -0.05) is 12.1 Å². The van der Waals surface area contributed by atoms with Crippen molar-refractivity contribution in [1.82, 2.24) is 0 Å². The zero-order chi connectivity index (χ0) is 23.4. The van der Waals surface area contributed by atoms with Crippen LogP contribution in [0.15, 0.2) is 66.7 Å². The molecular formula is C26H26N2O5. The van der Waals surface area contributed by atoms with Crippen molar-refractivity contribution in [1.29, 1.82) is 0 Å². The zero-order valence-corrected chi connectivity index (χ0v) is 18.7. The number of methoxy groups -OCH3 is 1. The Morgan fingerprint density at radius 1 is 0.939 bits per heavy atom. The van der Waals surface area contributed by atoms with Crippen LogP contribution in [0.25, 0.3) is 11.1 Å². The summed E-state index contributed by atoms with van der Waals surface area (Å²) in [7, 11) is 3.31. The van der Waals surface area contributed by atoms with E-state index in [0.29, 0.717) is 11.3 Å². The number of nitrogens with zero attached hydrogens (tertiary/aromatic N) is 2. The van der Waals surface area contributed by atoms with Crippen molar-refractivity contribution in [2.45, 2.75) is 0 Å². The number of hydrogen-bond donors (Lipinski definition) is 1. The van der Waals surface area contributed by atoms with E-state index < -0.39 is 5.97 Å². The van der Waals surface area contributed by atoms with Gasteiger partial charge in [-0.2, -0.15) is 0 Å². The zero-order valence-electron chi connectivity index (χ0n) is 18.7. The molecular weight excluding hydrogens is 420 g/mol. The lowest BCUT2D eigenvalue weighted by Crippen LogP contribution is -2.36. The summed E-state index contributed by atoms with van der Waals surface area (Å²) in [4.78, 5) is 28.3. The Morgan fingerprint density at radius 2 is 1.58 bits per heavy atom. The first-order valence-corrected chi connectivity index (χ1v) is 10.7. The molecule has 0 spiro atoms. The van der Waals surface area contributed by atoms with Gasteiger partial charge in [0.2, 0.25) is 0 Å². The molecule has 1 aliphatic heterocycles. The lowest BCUT2D eigenvalue weighted by molar-refractivity contribution is 0.0696. The molecule has 0 radical (unpaired) electrons. The van der Waals surface area contributed by atoms with Crippen molar-refractivity contribution in [3.63, 3.8) is 0 Å². The molecule has 0 unspecified atom stereocenters. The quantitative estimate of drug-likeness (QED) is 0.612. The number of morpholine rings is 1. The molecule has 33 heavy (non-hydrogen) atoms. The number of amides is 1. The van der Waals surface area contributed by atoms with Gasteiger partial charge in [0.05, 0.1) is 25.9 Å². The Kier molecular flexibility index (Phi) is 6.60. The summed E-state index contributed by atoms with van der Waals surface area (Å²) in [6.45, 7) is 3.16. The van der Waals surface area contributed by atoms with Crippen molar-refractivity contribution >= 4 is 23.3 Å². The van der Waals surface area contributed by atoms with Crippen LogP contribution in [0.5, 0.6) is 5.75 Å². The third-order valence-corrected chi connectivity index (χ3v) is 5.81. The first kappa shape index (κ1) is 22.4. The molecule has 7 heteroatoms. The third kappa shape index (κ3) is 4.83. The minimum absolute atomic E-state index is 0.153. The van der Waals surface area contributed by atoms with E-state index in [1.165, 1.54) is 12.1 Å². The van der Waals surface area contributed by atoms with Gasteiger partial charge >= 0.3 is 5.97 Å². The molecule has 1 amide bonds. The normalized spacial score (nSPS) is 13.5. The highest BCUT2D eigenvalue weighted by atomic mass is 16.5. The van der Waals surface area contributed by atoms with Crippen molar-refractivity contribution < 1.29 is 24.2 Å². The van der Waals surface area contributed by atoms with Gasteiger partial charge in [-0.15, -0.1) is 0 Å². The van der Waals surface area contributed by atoms with E-state index in [2.05, 4.69) is 4.90 Å². The number of rotatable bonds is 6. The van der Waals surface area contributed by atoms with Gasteiger partial charge < -0.3 is 24.4 Å². The molecule has 0 aliphatic carbocycles. The van der Waals surface area contributed by atoms with Gasteiger partial charge in [0.25, 0.3) is 5.91 Å². The van der Waals surface area contributed by atoms with Crippen LogP contribution in [0.4, 0.5) is 11.4 Å². The van der Waals surface area contributed by atoms with E-state index in [-0.39, 0.29) is 11.5 Å². The summed E-state index contributed by atoms with van der Waals surface area (Å²) >= 11 is 0. The van der Waals surface area contributed by atoms with Crippen molar-refractivity contribution in [3.8, 4) is 16.9 Å². The maximum atomic E-state index is 13.2. The van der Waals surface area contributed by atoms with Gasteiger partial charge in [0.1, 0.15) is 5.75 Å². The molecule has 3 aromatic rings. The number of benzene rings is 3. The largest absolute Gasteiger partial charge is 0.496 e. The van der Waals surface area contributed by atoms with Gasteiger partial charge in [0.15, 0.2) is 0 Å². The molecule has 1 aliphatic rings. The summed E-state index contributed by atoms with van der Waals surface area (Å²) in [6, 6.07) is 19.7. The van der Waals surface area contributed by atoms with Gasteiger partial charge in [-0.05, 0) is 60.2 Å². The SMILES string of the molecule is COc1ccc(C(=O)N(C)c2ccc(N3CCOCC3)cc2)cc1-c1ccc(C(=O)O)cc1. The lowest BCUT2D eigenvalue weighted by atomic mass is 10.00. The van der Waals surface area contributed by atoms with E-state index in [9.17, 15) is 9.59 Å². The molecule has 0 saturated carbocycles. The minimum atomic E-state index is -0.987. The third-order valence-electron chi connectivity index (χ3n) is 5.81. The van der Waals surface area contributed by atoms with Gasteiger partial charge in [-0.25, -0.2) is 4.79 Å². The number of carboxylic acid groups (broad SMARTS) is 1. The number of anilines is 2. The molecule has 1 saturated heterocycles. The van der Waals surface area contributed by atoms with Gasteiger partial charge in [-0.3, -0.25) is 4.79 Å². The van der Waals surface area contributed by atoms with E-state index in [0.717, 1.165) is 48.8 Å². The topological polar surface area (TPSA) is 79.3 Å². The second-order valence-corrected chi connectivity index (χ2v) is 7.78. The van der Waals surface area contributed by atoms with Crippen LogP contribution >= 0.6 is 0 Å². The predicted octanol–water partition coefficient (Wildman–Crippen LogP) is 4.17. The second-order valence-electron chi connectivity index (χ2n) is 7.78. The summed E-state index contributed by atoms with van der Waals surface area (Å²) in [5, 5.41) is 9.14. The molecule has 0 aromatic heterocycles. The van der Waals surface area contributed by atoms with Crippen molar-refractivity contribution in [2.24, 2.45) is 0 Å². The number of carbonyl (C=O) groups excluding carboxylic acids is 1. The maximum Gasteiger partial charge on any atom is 0.335 e. The van der Waals surface area contributed by atoms with E-state index in [1.807, 2.05) is 24.3 Å². The number of carbonyl (C=O) groups is 2. The Morgan fingerprint density at radius 3 is 2.18 bits per heavy atom. The summed E-state index contributed by atoms with van der Waals surface area (Å²) in [5.41, 5.74) is 4.10. The Bertz CT molecular complexity index is 1140. The van der Waals surface area contributed by atoms with Crippen molar-refractivity contribution in [2.75, 3.05) is 50.3 Å². The van der Waals surface area contributed by atoms with Crippen LogP contribution in [-0.2, 0) is 4.74 Å². The maximum absolute atomic E-state index is 13.2. The summed E-state index contributed by atoms with van der Waals surface area (Å²) in [5.74, 6) is -0.536. The molecule has 1 heterocycles. The number of carboxylic acids is 1. The summed E-state index contributed by atoms with van der Waals surface area (Å²) in [6.07, 6.45) is 0. The molecule has 7 nitrogen and oxygen atoms in total. The Balaban J connectivity index is 1.57. The van der Waals surface area contributed by atoms with Crippen LogP contribution in [0.3, 0.4) is 0 Å². The Labute approximate surface area is 192 Å². The van der Waals surface area contributed by atoms with Crippen molar-refractivity contribution in [3.05, 3.63) is 77.9 Å². The van der Waals surface area contributed by atoms with Crippen LogP contribution < -0.4 is 14.5 Å². The Hall–Kier alpha value is -3.84. The fraction of sp³-hybridized carbons (Fsp3) is 0.231. The molecule has 3 aromatic carbocycles. The van der Waals surface area contributed by atoms with E-state index in [4.69, 9.17) is 14.6 Å². The van der Waals surface area contributed by atoms with Crippen LogP contribution in [0, 0.1) is 0 Å². The predicted molar refractivity (Wildman–Crippen MR) is 128 cm³/mol. The minimum Gasteiger partial charge on any atom is -0.496 e. The first-order valence-electron chi connectivity index (χ1n) is 10.7. The smallest absolute Gasteiger partial charge is 0.335 e. The average Bonchev–Trinajstić information content (AvgIpc) is 2.88. The second kappa shape index (κ2) is 9.75. The fourth-order valence-corrected chi connectivity index (χ4v) is 3.88. The highest BCUT2D eigenvalue weighted by Crippen LogP contribution is 2.32. The van der Waals surface area contributed by atoms with E-state index in [1.54, 1.807) is 49.4 Å². The fourth-order valence-electron chi connectivity index (χ4n) is 3.88. The molecule has 1 N–H and O–H groups in total. The average molecular weight is 447 g/mol. The first-order chi connectivity index (χ1) is 16.0. The summed E-state index contributed by atoms with van der Waals surface area (Å²) < 4.78 is 10.9. The molecule has 1 fully saturated rings. The van der Waals surface area contributed by atoms with E-state index >= 15 is 0 Å². The highest BCUT2D eigenvalue weighted by Gasteiger charge is 2.18. The van der Waals surface area contributed by atoms with Crippen LogP contribution in [0.1, 0.15) is 20.7 Å². The molecule has 4 rings (SSSR count). The number of hydrogen-bond acceptors (Lipinski definition) is 5. The molecule has 170 valence electrons. The molecule has 0 bridgehead atoms. The van der Waals surface area contributed by atoms with Crippen LogP contribution in [0.2, 0.25) is 0 Å². The highest BCUT2D eigenvalue weighted by molar-refractivity contribution is 6.06. The number of ether oxygens (including phenoxy) is 2. The standard InChI is InChI=1S/C26H26N2O5/c1-27(21-8-10-22(11-9-21)28-13-15-33-16-14-28)25(29)20-7-12-24(32-2)23(17-20)18-3-5-19(6-4-18)26(30)31/h3-12,17H,13-16H2,1-2H3,(H,30,31).